The summed E-state index contributed by atoms with van der Waals surface area (Å²) in [6.07, 6.45) is -6.51. The maximum Gasteiger partial charge on any atom is 0.186 e. The zero-order valence-corrected chi connectivity index (χ0v) is 20.7. The van der Waals surface area contributed by atoms with Crippen molar-refractivity contribution < 1.29 is 54.4 Å². The SMILES string of the molecule is CC1=CC(=O)CC(C)(C)[C@H]1CC[C@@H](C)O[C@H]1O[C@H](CO[C@@H]2OC[C@](O)(CO)[C@H]2O)[C@@H](O)[C@H](O)[C@H]1O. The number of ether oxygens (including phenoxy) is 4. The van der Waals surface area contributed by atoms with E-state index < -0.39 is 55.3 Å². The molecule has 3 aliphatic rings. The monoisotopic (exact) mass is 504 g/mol. The minimum Gasteiger partial charge on any atom is -0.393 e. The second-order valence-electron chi connectivity index (χ2n) is 10.8. The molecule has 10 atom stereocenters. The first-order valence-electron chi connectivity index (χ1n) is 12.1. The normalized spacial score (nSPS) is 42.7. The van der Waals surface area contributed by atoms with Crippen LogP contribution in [0.3, 0.4) is 0 Å². The number of rotatable bonds is 9. The van der Waals surface area contributed by atoms with Gasteiger partial charge in [0.2, 0.25) is 0 Å². The molecule has 0 spiro atoms. The number of hydrogen-bond acceptors (Lipinski definition) is 11. The molecule has 2 saturated heterocycles. The zero-order chi connectivity index (χ0) is 26.1. The molecule has 0 amide bonds. The van der Waals surface area contributed by atoms with Crippen LogP contribution in [0.2, 0.25) is 0 Å². The zero-order valence-electron chi connectivity index (χ0n) is 20.7. The fourth-order valence-corrected chi connectivity index (χ4v) is 5.20. The quantitative estimate of drug-likeness (QED) is 0.227. The molecule has 1 aliphatic carbocycles. The van der Waals surface area contributed by atoms with E-state index in [2.05, 4.69) is 13.8 Å². The Bertz CT molecular complexity index is 771. The summed E-state index contributed by atoms with van der Waals surface area (Å²) in [5.41, 5.74) is -0.997. The smallest absolute Gasteiger partial charge is 0.186 e. The molecule has 0 aromatic rings. The second kappa shape index (κ2) is 11.2. The topological polar surface area (TPSA) is 175 Å². The molecule has 0 radical (unpaired) electrons. The van der Waals surface area contributed by atoms with Gasteiger partial charge in [0.1, 0.15) is 36.1 Å². The van der Waals surface area contributed by atoms with Gasteiger partial charge >= 0.3 is 0 Å². The van der Waals surface area contributed by atoms with Gasteiger partial charge in [0, 0.05) is 6.42 Å². The van der Waals surface area contributed by atoms with Crippen LogP contribution in [0.15, 0.2) is 11.6 Å². The number of allylic oxidation sites excluding steroid dienone is 2. The fraction of sp³-hybridized carbons (Fsp3) is 0.875. The Morgan fingerprint density at radius 2 is 1.83 bits per heavy atom. The van der Waals surface area contributed by atoms with Crippen LogP contribution < -0.4 is 0 Å². The van der Waals surface area contributed by atoms with Crippen LogP contribution in [-0.4, -0.2) is 111 Å². The van der Waals surface area contributed by atoms with Gasteiger partial charge < -0.3 is 49.6 Å². The summed E-state index contributed by atoms with van der Waals surface area (Å²) in [7, 11) is 0. The number of hydrogen-bond donors (Lipinski definition) is 6. The van der Waals surface area contributed by atoms with E-state index in [0.717, 1.165) is 12.0 Å². The van der Waals surface area contributed by atoms with Crippen molar-refractivity contribution in [1.82, 2.24) is 0 Å². The van der Waals surface area contributed by atoms with Gasteiger partial charge in [0.05, 0.1) is 25.9 Å². The number of aliphatic hydroxyl groups excluding tert-OH is 5. The summed E-state index contributed by atoms with van der Waals surface area (Å²) in [5, 5.41) is 60.4. The first-order valence-corrected chi connectivity index (χ1v) is 12.1. The molecule has 0 unspecified atom stereocenters. The van der Waals surface area contributed by atoms with Gasteiger partial charge in [-0.15, -0.1) is 0 Å². The Balaban J connectivity index is 1.55. The van der Waals surface area contributed by atoms with E-state index >= 15 is 0 Å². The average Bonchev–Trinajstić information content (AvgIpc) is 3.06. The summed E-state index contributed by atoms with van der Waals surface area (Å²) in [5.74, 6) is 0.330. The standard InChI is InChI=1S/C24H40O11/c1-12-7-14(26)8-23(3,4)15(12)6-5-13(2)34-21-19(29)18(28)17(27)16(35-21)9-32-22-20(30)24(31,10-25)11-33-22/h7,13,15-22,25,27-31H,5-6,8-11H2,1-4H3/t13-,15+,16-,17-,18+,19-,20+,21+,22-,24-/m1/s1. The van der Waals surface area contributed by atoms with Crippen LogP contribution in [0.4, 0.5) is 0 Å². The Morgan fingerprint density at radius 1 is 1.14 bits per heavy atom. The molecule has 3 rings (SSSR count). The molecule has 11 heteroatoms. The van der Waals surface area contributed by atoms with Crippen LogP contribution in [0, 0.1) is 11.3 Å². The third-order valence-electron chi connectivity index (χ3n) is 7.41. The summed E-state index contributed by atoms with van der Waals surface area (Å²) in [4.78, 5) is 11.9. The summed E-state index contributed by atoms with van der Waals surface area (Å²) >= 11 is 0. The third-order valence-corrected chi connectivity index (χ3v) is 7.41. The van der Waals surface area contributed by atoms with E-state index in [1.807, 2.05) is 13.8 Å². The highest BCUT2D eigenvalue weighted by Gasteiger charge is 2.50. The van der Waals surface area contributed by atoms with Crippen LogP contribution in [0.1, 0.15) is 47.0 Å². The number of aliphatic hydroxyl groups is 6. The highest BCUT2D eigenvalue weighted by atomic mass is 16.7. The lowest BCUT2D eigenvalue weighted by Gasteiger charge is -2.42. The van der Waals surface area contributed by atoms with E-state index in [1.54, 1.807) is 6.08 Å². The molecule has 2 heterocycles. The van der Waals surface area contributed by atoms with E-state index in [-0.39, 0.29) is 36.4 Å². The van der Waals surface area contributed by atoms with E-state index in [0.29, 0.717) is 12.8 Å². The highest BCUT2D eigenvalue weighted by molar-refractivity contribution is 5.91. The van der Waals surface area contributed by atoms with Gasteiger partial charge in [0.25, 0.3) is 0 Å². The number of carbonyl (C=O) groups is 1. The molecule has 6 N–H and O–H groups in total. The molecular formula is C24H40O11. The molecule has 0 aromatic heterocycles. The van der Waals surface area contributed by atoms with Crippen molar-refractivity contribution in [3.8, 4) is 0 Å². The Morgan fingerprint density at radius 3 is 2.43 bits per heavy atom. The van der Waals surface area contributed by atoms with E-state index in [1.165, 1.54) is 0 Å². The Labute approximate surface area is 205 Å². The first-order chi connectivity index (χ1) is 16.3. The number of ketones is 1. The van der Waals surface area contributed by atoms with Gasteiger partial charge in [-0.3, -0.25) is 4.79 Å². The predicted octanol–water partition coefficient (Wildman–Crippen LogP) is -1.00. The van der Waals surface area contributed by atoms with Crippen molar-refractivity contribution >= 4 is 5.78 Å². The van der Waals surface area contributed by atoms with Gasteiger partial charge in [-0.1, -0.05) is 19.4 Å². The van der Waals surface area contributed by atoms with Crippen LogP contribution >= 0.6 is 0 Å². The molecule has 11 nitrogen and oxygen atoms in total. The van der Waals surface area contributed by atoms with Crippen molar-refractivity contribution in [3.63, 3.8) is 0 Å². The first kappa shape index (κ1) is 28.6. The molecule has 35 heavy (non-hydrogen) atoms. The summed E-state index contributed by atoms with van der Waals surface area (Å²) in [6, 6.07) is 0. The maximum absolute atomic E-state index is 11.9. The summed E-state index contributed by atoms with van der Waals surface area (Å²) < 4.78 is 22.1. The lowest BCUT2D eigenvalue weighted by Crippen LogP contribution is -2.60. The second-order valence-corrected chi connectivity index (χ2v) is 10.8. The molecule has 0 aromatic carbocycles. The van der Waals surface area contributed by atoms with Crippen LogP contribution in [-0.2, 0) is 23.7 Å². The minimum absolute atomic E-state index is 0.129. The van der Waals surface area contributed by atoms with E-state index in [4.69, 9.17) is 18.9 Å². The molecule has 2 aliphatic heterocycles. The fourth-order valence-electron chi connectivity index (χ4n) is 5.20. The average molecular weight is 505 g/mol. The highest BCUT2D eigenvalue weighted by Crippen LogP contribution is 2.42. The molecule has 0 bridgehead atoms. The summed E-state index contributed by atoms with van der Waals surface area (Å²) in [6.45, 7) is 6.51. The Hall–Kier alpha value is -0.990. The lowest BCUT2D eigenvalue weighted by atomic mass is 9.66. The van der Waals surface area contributed by atoms with Crippen molar-refractivity contribution in [3.05, 3.63) is 11.6 Å². The van der Waals surface area contributed by atoms with Gasteiger partial charge in [0.15, 0.2) is 18.4 Å². The number of carbonyl (C=O) groups excluding carboxylic acids is 1. The minimum atomic E-state index is -1.86. The van der Waals surface area contributed by atoms with Gasteiger partial charge in [-0.25, -0.2) is 0 Å². The van der Waals surface area contributed by atoms with Crippen LogP contribution in [0.25, 0.3) is 0 Å². The molecule has 2 fully saturated rings. The molecule has 0 saturated carbocycles. The lowest BCUT2D eigenvalue weighted by molar-refractivity contribution is -0.318. The van der Waals surface area contributed by atoms with Crippen molar-refractivity contribution in [2.75, 3.05) is 19.8 Å². The largest absolute Gasteiger partial charge is 0.393 e. The third kappa shape index (κ3) is 6.30. The van der Waals surface area contributed by atoms with Crippen molar-refractivity contribution in [2.45, 2.75) is 102 Å². The Kier molecular flexibility index (Phi) is 9.13. The van der Waals surface area contributed by atoms with Gasteiger partial charge in [-0.2, -0.15) is 0 Å². The predicted molar refractivity (Wildman–Crippen MR) is 121 cm³/mol. The molecular weight excluding hydrogens is 464 g/mol. The van der Waals surface area contributed by atoms with Crippen molar-refractivity contribution in [1.29, 1.82) is 0 Å². The van der Waals surface area contributed by atoms with Crippen molar-refractivity contribution in [2.24, 2.45) is 11.3 Å². The van der Waals surface area contributed by atoms with E-state index in [9.17, 15) is 35.4 Å². The maximum atomic E-state index is 11.9. The van der Waals surface area contributed by atoms with Crippen LogP contribution in [0.5, 0.6) is 0 Å². The molecule has 202 valence electrons. The van der Waals surface area contributed by atoms with Gasteiger partial charge in [-0.05, 0) is 44.1 Å².